The second kappa shape index (κ2) is 4.50. The van der Waals surface area contributed by atoms with Gasteiger partial charge in [0.1, 0.15) is 0 Å². The Labute approximate surface area is 87.8 Å². The van der Waals surface area contributed by atoms with Crippen LogP contribution in [-0.2, 0) is 0 Å². The van der Waals surface area contributed by atoms with Crippen LogP contribution >= 0.6 is 0 Å². The zero-order chi connectivity index (χ0) is 10.7. The second-order valence-corrected chi connectivity index (χ2v) is 4.12. The number of nitrogens with zero attached hydrogens (tertiary/aromatic N) is 1. The van der Waals surface area contributed by atoms with Crippen LogP contribution in [0.15, 0.2) is 35.6 Å². The molecule has 0 bridgehead atoms. The molecule has 1 heteroatoms. The van der Waals surface area contributed by atoms with Crippen molar-refractivity contribution in [3.8, 4) is 0 Å². The maximum absolute atomic E-state index is 4.13. The van der Waals surface area contributed by atoms with E-state index in [1.807, 2.05) is 0 Å². The Morgan fingerprint density at radius 1 is 1.43 bits per heavy atom. The van der Waals surface area contributed by atoms with Crippen molar-refractivity contribution in [2.75, 3.05) is 13.1 Å². The molecular formula is C13H21N. The van der Waals surface area contributed by atoms with Crippen LogP contribution in [0.1, 0.15) is 33.6 Å². The van der Waals surface area contributed by atoms with Crippen molar-refractivity contribution in [2.45, 2.75) is 33.6 Å². The maximum Gasteiger partial charge on any atom is 0.0428 e. The van der Waals surface area contributed by atoms with Crippen LogP contribution in [0, 0.1) is 0 Å². The molecule has 0 radical (unpaired) electrons. The van der Waals surface area contributed by atoms with Gasteiger partial charge >= 0.3 is 0 Å². The van der Waals surface area contributed by atoms with E-state index in [1.54, 1.807) is 0 Å². The predicted octanol–water partition coefficient (Wildman–Crippen LogP) is 3.51. The standard InChI is InChI=1S/C13H21N/c1-6-11(4)13-9-14(10(2)3)8-7-12(13)5/h2,4,6-9H2,1,3,5H3. The summed E-state index contributed by atoms with van der Waals surface area (Å²) in [5, 5.41) is 0. The van der Waals surface area contributed by atoms with E-state index in [4.69, 9.17) is 0 Å². The maximum atomic E-state index is 4.13. The molecule has 0 aliphatic carbocycles. The summed E-state index contributed by atoms with van der Waals surface area (Å²) in [5.41, 5.74) is 5.41. The van der Waals surface area contributed by atoms with Gasteiger partial charge in [-0.2, -0.15) is 0 Å². The van der Waals surface area contributed by atoms with Crippen LogP contribution in [0.3, 0.4) is 0 Å². The average Bonchev–Trinajstić information content (AvgIpc) is 2.17. The molecule has 0 aromatic carbocycles. The van der Waals surface area contributed by atoms with Crippen molar-refractivity contribution in [1.29, 1.82) is 0 Å². The Hall–Kier alpha value is -0.980. The van der Waals surface area contributed by atoms with Crippen molar-refractivity contribution >= 4 is 0 Å². The third kappa shape index (κ3) is 2.28. The molecule has 14 heavy (non-hydrogen) atoms. The number of hydrogen-bond donors (Lipinski definition) is 0. The zero-order valence-electron chi connectivity index (χ0n) is 9.69. The molecule has 0 amide bonds. The molecule has 0 spiro atoms. The summed E-state index contributed by atoms with van der Waals surface area (Å²) >= 11 is 0. The molecular weight excluding hydrogens is 170 g/mol. The fourth-order valence-corrected chi connectivity index (χ4v) is 1.81. The molecule has 0 saturated heterocycles. The number of rotatable bonds is 3. The average molecular weight is 191 g/mol. The summed E-state index contributed by atoms with van der Waals surface area (Å²) in [6.45, 7) is 16.7. The Kier molecular flexibility index (Phi) is 3.56. The minimum absolute atomic E-state index is 1.01. The van der Waals surface area contributed by atoms with Gasteiger partial charge in [-0.15, -0.1) is 0 Å². The minimum atomic E-state index is 1.01. The lowest BCUT2D eigenvalue weighted by Gasteiger charge is -2.32. The van der Waals surface area contributed by atoms with E-state index < -0.39 is 0 Å². The normalized spacial score (nSPS) is 17.2. The van der Waals surface area contributed by atoms with Gasteiger partial charge in [-0.1, -0.05) is 31.2 Å². The lowest BCUT2D eigenvalue weighted by molar-refractivity contribution is 0.360. The number of allylic oxidation sites excluding steroid dienone is 1. The van der Waals surface area contributed by atoms with Crippen LogP contribution < -0.4 is 0 Å². The predicted molar refractivity (Wildman–Crippen MR) is 63.1 cm³/mol. The molecule has 1 heterocycles. The highest BCUT2D eigenvalue weighted by atomic mass is 15.1. The first-order chi connectivity index (χ1) is 6.56. The van der Waals surface area contributed by atoms with E-state index in [9.17, 15) is 0 Å². The molecule has 0 fully saturated rings. The Bertz CT molecular complexity index is 284. The first-order valence-corrected chi connectivity index (χ1v) is 5.33. The Morgan fingerprint density at radius 2 is 2.07 bits per heavy atom. The lowest BCUT2D eigenvalue weighted by atomic mass is 9.94. The fraction of sp³-hybridized carbons (Fsp3) is 0.538. The topological polar surface area (TPSA) is 3.24 Å². The van der Waals surface area contributed by atoms with Gasteiger partial charge in [0.15, 0.2) is 0 Å². The summed E-state index contributed by atoms with van der Waals surface area (Å²) in [6.07, 6.45) is 2.21. The van der Waals surface area contributed by atoms with Crippen molar-refractivity contribution in [2.24, 2.45) is 0 Å². The van der Waals surface area contributed by atoms with Gasteiger partial charge in [0.25, 0.3) is 0 Å². The van der Waals surface area contributed by atoms with E-state index in [1.165, 1.54) is 22.4 Å². The molecule has 0 N–H and O–H groups in total. The van der Waals surface area contributed by atoms with Gasteiger partial charge in [-0.05, 0) is 32.3 Å². The van der Waals surface area contributed by atoms with Crippen LogP contribution in [0.4, 0.5) is 0 Å². The quantitative estimate of drug-likeness (QED) is 0.660. The van der Waals surface area contributed by atoms with E-state index >= 15 is 0 Å². The van der Waals surface area contributed by atoms with Crippen LogP contribution in [0.25, 0.3) is 0 Å². The highest BCUT2D eigenvalue weighted by molar-refractivity contribution is 5.36. The second-order valence-electron chi connectivity index (χ2n) is 4.12. The highest BCUT2D eigenvalue weighted by Crippen LogP contribution is 2.25. The Morgan fingerprint density at radius 3 is 2.57 bits per heavy atom. The van der Waals surface area contributed by atoms with Gasteiger partial charge in [0.2, 0.25) is 0 Å². The third-order valence-electron chi connectivity index (χ3n) is 3.01. The molecule has 0 unspecified atom stereocenters. The minimum Gasteiger partial charge on any atom is -0.371 e. The molecule has 0 saturated carbocycles. The van der Waals surface area contributed by atoms with Crippen LogP contribution in [0.5, 0.6) is 0 Å². The molecule has 78 valence electrons. The highest BCUT2D eigenvalue weighted by Gasteiger charge is 2.16. The van der Waals surface area contributed by atoms with Crippen LogP contribution in [0.2, 0.25) is 0 Å². The van der Waals surface area contributed by atoms with Crippen molar-refractivity contribution in [3.63, 3.8) is 0 Å². The molecule has 1 aliphatic rings. The van der Waals surface area contributed by atoms with E-state index in [0.29, 0.717) is 0 Å². The first-order valence-electron chi connectivity index (χ1n) is 5.33. The fourth-order valence-electron chi connectivity index (χ4n) is 1.81. The molecule has 1 rings (SSSR count). The largest absolute Gasteiger partial charge is 0.371 e. The molecule has 0 aromatic heterocycles. The van der Waals surface area contributed by atoms with Gasteiger partial charge in [0, 0.05) is 18.8 Å². The van der Waals surface area contributed by atoms with E-state index in [0.717, 1.165) is 25.9 Å². The van der Waals surface area contributed by atoms with Crippen molar-refractivity contribution in [1.82, 2.24) is 4.90 Å². The molecule has 0 atom stereocenters. The molecule has 1 nitrogen and oxygen atoms in total. The van der Waals surface area contributed by atoms with Gasteiger partial charge in [0.05, 0.1) is 0 Å². The number of hydrogen-bond acceptors (Lipinski definition) is 1. The van der Waals surface area contributed by atoms with Crippen molar-refractivity contribution < 1.29 is 0 Å². The van der Waals surface area contributed by atoms with E-state index in [-0.39, 0.29) is 0 Å². The third-order valence-corrected chi connectivity index (χ3v) is 3.01. The van der Waals surface area contributed by atoms with Gasteiger partial charge in [-0.25, -0.2) is 0 Å². The molecule has 0 aromatic rings. The molecule has 1 aliphatic heterocycles. The SMILES string of the molecule is C=C(CC)C1=C(C)CCN(C(=C)C)C1. The van der Waals surface area contributed by atoms with Gasteiger partial charge in [-0.3, -0.25) is 0 Å². The van der Waals surface area contributed by atoms with Crippen LogP contribution in [-0.4, -0.2) is 18.0 Å². The smallest absolute Gasteiger partial charge is 0.0428 e. The summed E-state index contributed by atoms with van der Waals surface area (Å²) in [4.78, 5) is 2.34. The monoisotopic (exact) mass is 191 g/mol. The Balaban J connectivity index is 2.81. The summed E-state index contributed by atoms with van der Waals surface area (Å²) in [7, 11) is 0. The van der Waals surface area contributed by atoms with Gasteiger partial charge < -0.3 is 4.90 Å². The lowest BCUT2D eigenvalue weighted by Crippen LogP contribution is -2.30. The summed E-state index contributed by atoms with van der Waals surface area (Å²) < 4.78 is 0. The van der Waals surface area contributed by atoms with Crippen molar-refractivity contribution in [3.05, 3.63) is 35.6 Å². The van der Waals surface area contributed by atoms with E-state index in [2.05, 4.69) is 38.8 Å². The summed E-state index contributed by atoms with van der Waals surface area (Å²) in [5.74, 6) is 0. The first kappa shape index (κ1) is 11.1. The summed E-state index contributed by atoms with van der Waals surface area (Å²) in [6, 6.07) is 0. The zero-order valence-corrected chi connectivity index (χ0v) is 9.69.